The highest BCUT2D eigenvalue weighted by Crippen LogP contribution is 2.18. The monoisotopic (exact) mass is 186 g/mol. The molecule has 3 heteroatoms. The first-order valence-electron chi connectivity index (χ1n) is 4.23. The zero-order valence-electron chi connectivity index (χ0n) is 9.01. The lowest BCUT2D eigenvalue weighted by atomic mass is 9.98. The van der Waals surface area contributed by atoms with Gasteiger partial charge >= 0.3 is 5.97 Å². The molecule has 0 heterocycles. The number of hydrogen-bond acceptors (Lipinski definition) is 3. The molecular formula is C10H18O3. The topological polar surface area (TPSA) is 35.5 Å². The van der Waals surface area contributed by atoms with Crippen molar-refractivity contribution in [3.05, 3.63) is 12.7 Å². The van der Waals surface area contributed by atoms with Gasteiger partial charge in [-0.2, -0.15) is 4.89 Å². The molecule has 0 aliphatic carbocycles. The quantitative estimate of drug-likeness (QED) is 0.386. The summed E-state index contributed by atoms with van der Waals surface area (Å²) in [5.41, 5.74) is -1.18. The largest absolute Gasteiger partial charge is 0.347 e. The summed E-state index contributed by atoms with van der Waals surface area (Å²) in [5.74, 6) is -0.387. The Bertz CT molecular complexity index is 199. The predicted molar refractivity (Wildman–Crippen MR) is 50.9 cm³/mol. The molecule has 0 amide bonds. The third-order valence-electron chi connectivity index (χ3n) is 1.44. The third kappa shape index (κ3) is 4.68. The molecule has 0 spiro atoms. The van der Waals surface area contributed by atoms with Crippen LogP contribution in [0.4, 0.5) is 0 Å². The van der Waals surface area contributed by atoms with Crippen LogP contribution in [0.1, 0.15) is 34.6 Å². The molecule has 0 aromatic rings. The van der Waals surface area contributed by atoms with Crippen LogP contribution < -0.4 is 0 Å². The van der Waals surface area contributed by atoms with Crippen molar-refractivity contribution in [2.75, 3.05) is 0 Å². The summed E-state index contributed by atoms with van der Waals surface area (Å²) in [7, 11) is 0. The van der Waals surface area contributed by atoms with Crippen LogP contribution in [-0.4, -0.2) is 11.6 Å². The standard InChI is InChI=1S/C10H18O3/c1-7-10(5,6)13-12-8(11)9(2,3)4/h7H,1H2,2-6H3. The van der Waals surface area contributed by atoms with E-state index in [-0.39, 0.29) is 5.97 Å². The van der Waals surface area contributed by atoms with Gasteiger partial charge in [-0.05, 0) is 34.6 Å². The Balaban J connectivity index is 4.05. The Morgan fingerprint density at radius 1 is 1.23 bits per heavy atom. The van der Waals surface area contributed by atoms with Gasteiger partial charge in [0.25, 0.3) is 0 Å². The molecule has 0 aromatic heterocycles. The zero-order valence-corrected chi connectivity index (χ0v) is 9.01. The van der Waals surface area contributed by atoms with E-state index in [1.54, 1.807) is 40.7 Å². The van der Waals surface area contributed by atoms with Crippen molar-refractivity contribution in [3.8, 4) is 0 Å². The van der Waals surface area contributed by atoms with Gasteiger partial charge in [-0.1, -0.05) is 6.08 Å². The van der Waals surface area contributed by atoms with E-state index in [9.17, 15) is 4.79 Å². The summed E-state index contributed by atoms with van der Waals surface area (Å²) in [4.78, 5) is 20.8. The normalized spacial score (nSPS) is 12.4. The minimum Gasteiger partial charge on any atom is -0.297 e. The van der Waals surface area contributed by atoms with Gasteiger partial charge in [0, 0.05) is 0 Å². The molecule has 0 rings (SSSR count). The van der Waals surface area contributed by atoms with Gasteiger partial charge < -0.3 is 0 Å². The maximum Gasteiger partial charge on any atom is 0.347 e. The lowest BCUT2D eigenvalue weighted by molar-refractivity contribution is -0.318. The molecule has 13 heavy (non-hydrogen) atoms. The summed E-state index contributed by atoms with van der Waals surface area (Å²) in [6.07, 6.45) is 1.57. The van der Waals surface area contributed by atoms with E-state index in [1.165, 1.54) is 0 Å². The fourth-order valence-electron chi connectivity index (χ4n) is 0.304. The average molecular weight is 186 g/mol. The summed E-state index contributed by atoms with van der Waals surface area (Å²) in [6.45, 7) is 12.4. The molecule has 0 bridgehead atoms. The maximum atomic E-state index is 11.2. The van der Waals surface area contributed by atoms with Crippen LogP contribution in [0.2, 0.25) is 0 Å². The van der Waals surface area contributed by atoms with Crippen molar-refractivity contribution in [2.45, 2.75) is 40.2 Å². The lowest BCUT2D eigenvalue weighted by Gasteiger charge is -2.21. The Morgan fingerprint density at radius 2 is 1.69 bits per heavy atom. The molecule has 0 aromatic carbocycles. The molecule has 0 aliphatic heterocycles. The molecular weight excluding hydrogens is 168 g/mol. The van der Waals surface area contributed by atoms with Crippen LogP contribution in [0.3, 0.4) is 0 Å². The number of carbonyl (C=O) groups excluding carboxylic acids is 1. The first-order chi connectivity index (χ1) is 5.69. The van der Waals surface area contributed by atoms with E-state index >= 15 is 0 Å². The number of rotatable bonds is 3. The van der Waals surface area contributed by atoms with Crippen LogP contribution >= 0.6 is 0 Å². The van der Waals surface area contributed by atoms with Crippen molar-refractivity contribution < 1.29 is 14.6 Å². The molecule has 0 saturated carbocycles. The SMILES string of the molecule is C=CC(C)(C)OOC(=O)C(C)(C)C. The smallest absolute Gasteiger partial charge is 0.297 e. The van der Waals surface area contributed by atoms with Gasteiger partial charge in [0.2, 0.25) is 0 Å². The summed E-state index contributed by atoms with van der Waals surface area (Å²) in [6, 6.07) is 0. The number of carbonyl (C=O) groups is 1. The Labute approximate surface area is 79.7 Å². The fourth-order valence-corrected chi connectivity index (χ4v) is 0.304. The Hall–Kier alpha value is -0.830. The Kier molecular flexibility index (Phi) is 3.67. The lowest BCUT2D eigenvalue weighted by Crippen LogP contribution is -2.29. The van der Waals surface area contributed by atoms with Crippen molar-refractivity contribution >= 4 is 5.97 Å². The van der Waals surface area contributed by atoms with Gasteiger partial charge in [0.15, 0.2) is 0 Å². The van der Waals surface area contributed by atoms with Crippen molar-refractivity contribution in [1.82, 2.24) is 0 Å². The van der Waals surface area contributed by atoms with Crippen LogP contribution in [0.5, 0.6) is 0 Å². The van der Waals surface area contributed by atoms with Gasteiger partial charge in [-0.15, -0.1) is 6.58 Å². The van der Waals surface area contributed by atoms with Crippen molar-refractivity contribution in [1.29, 1.82) is 0 Å². The molecule has 0 saturated heterocycles. The first-order valence-corrected chi connectivity index (χ1v) is 4.23. The van der Waals surface area contributed by atoms with Gasteiger partial charge in [-0.3, -0.25) is 4.89 Å². The first kappa shape index (κ1) is 12.2. The van der Waals surface area contributed by atoms with E-state index in [0.29, 0.717) is 0 Å². The van der Waals surface area contributed by atoms with Crippen LogP contribution in [0.15, 0.2) is 12.7 Å². The van der Waals surface area contributed by atoms with Crippen LogP contribution in [-0.2, 0) is 14.6 Å². The molecule has 0 radical (unpaired) electrons. The molecule has 76 valence electrons. The van der Waals surface area contributed by atoms with Crippen molar-refractivity contribution in [3.63, 3.8) is 0 Å². The highest BCUT2D eigenvalue weighted by molar-refractivity contribution is 5.74. The zero-order chi connectivity index (χ0) is 10.7. The van der Waals surface area contributed by atoms with Crippen molar-refractivity contribution in [2.24, 2.45) is 5.41 Å². The molecule has 3 nitrogen and oxygen atoms in total. The molecule has 0 N–H and O–H groups in total. The molecule has 0 aliphatic rings. The van der Waals surface area contributed by atoms with Gasteiger partial charge in [0.1, 0.15) is 5.60 Å². The highest BCUT2D eigenvalue weighted by Gasteiger charge is 2.26. The third-order valence-corrected chi connectivity index (χ3v) is 1.44. The second-order valence-electron chi connectivity index (χ2n) is 4.51. The van der Waals surface area contributed by atoms with E-state index in [1.807, 2.05) is 0 Å². The van der Waals surface area contributed by atoms with E-state index < -0.39 is 11.0 Å². The van der Waals surface area contributed by atoms with E-state index in [0.717, 1.165) is 0 Å². The summed E-state index contributed by atoms with van der Waals surface area (Å²) >= 11 is 0. The molecule has 0 fully saturated rings. The Morgan fingerprint density at radius 3 is 2.00 bits per heavy atom. The van der Waals surface area contributed by atoms with Crippen LogP contribution in [0.25, 0.3) is 0 Å². The average Bonchev–Trinajstić information content (AvgIpc) is 1.98. The van der Waals surface area contributed by atoms with Crippen LogP contribution in [0, 0.1) is 5.41 Å². The second kappa shape index (κ2) is 3.92. The van der Waals surface area contributed by atoms with E-state index in [4.69, 9.17) is 4.89 Å². The molecule has 0 atom stereocenters. The summed E-state index contributed by atoms with van der Waals surface area (Å²) < 4.78 is 0. The van der Waals surface area contributed by atoms with Gasteiger partial charge in [-0.25, -0.2) is 4.79 Å². The summed E-state index contributed by atoms with van der Waals surface area (Å²) in [5, 5.41) is 0. The maximum absolute atomic E-state index is 11.2. The molecule has 0 unspecified atom stereocenters. The number of hydrogen-bond donors (Lipinski definition) is 0. The van der Waals surface area contributed by atoms with Gasteiger partial charge in [0.05, 0.1) is 5.41 Å². The minimum absolute atomic E-state index is 0.387. The predicted octanol–water partition coefficient (Wildman–Crippen LogP) is 2.47. The fraction of sp³-hybridized carbons (Fsp3) is 0.700. The minimum atomic E-state index is -0.638. The second-order valence-corrected chi connectivity index (χ2v) is 4.51. The highest BCUT2D eigenvalue weighted by atomic mass is 17.2. The van der Waals surface area contributed by atoms with E-state index in [2.05, 4.69) is 11.5 Å².